The number of methoxy groups -OCH3 is 4. The average molecular weight is 346 g/mol. The maximum Gasteiger partial charge on any atom is 0.203 e. The van der Waals surface area contributed by atoms with E-state index in [2.05, 4.69) is 0 Å². The van der Waals surface area contributed by atoms with Crippen molar-refractivity contribution in [3.63, 3.8) is 0 Å². The summed E-state index contributed by atoms with van der Waals surface area (Å²) in [6.45, 7) is 4.00. The van der Waals surface area contributed by atoms with E-state index in [1.165, 1.54) is 7.11 Å². The van der Waals surface area contributed by atoms with Crippen molar-refractivity contribution in [3.8, 4) is 28.7 Å². The lowest BCUT2D eigenvalue weighted by molar-refractivity contribution is 0.324. The van der Waals surface area contributed by atoms with Crippen LogP contribution in [0.25, 0.3) is 12.2 Å². The molecule has 0 amide bonds. The number of benzene rings is 2. The third-order valence-electron chi connectivity index (χ3n) is 3.36. The number of rotatable bonds is 6. The summed E-state index contributed by atoms with van der Waals surface area (Å²) in [5.74, 6) is 2.26. The van der Waals surface area contributed by atoms with E-state index in [1.54, 1.807) is 33.5 Å². The minimum absolute atomic E-state index is 0.0968. The van der Waals surface area contributed by atoms with Crippen molar-refractivity contribution in [2.24, 2.45) is 0 Å². The van der Waals surface area contributed by atoms with Crippen molar-refractivity contribution in [2.75, 3.05) is 28.4 Å². The molecule has 0 saturated carbocycles. The molecule has 2 rings (SSSR count). The summed E-state index contributed by atoms with van der Waals surface area (Å²) in [5, 5.41) is 9.81. The normalized spacial score (nSPS) is 10.0. The monoisotopic (exact) mass is 346 g/mol. The van der Waals surface area contributed by atoms with Crippen molar-refractivity contribution in [2.45, 2.75) is 13.8 Å². The van der Waals surface area contributed by atoms with Gasteiger partial charge in [-0.15, -0.1) is 0 Å². The van der Waals surface area contributed by atoms with E-state index in [0.29, 0.717) is 23.0 Å². The zero-order valence-electron chi connectivity index (χ0n) is 15.6. The van der Waals surface area contributed by atoms with Crippen LogP contribution in [0.5, 0.6) is 28.7 Å². The molecule has 0 aliphatic rings. The van der Waals surface area contributed by atoms with Gasteiger partial charge in [0.2, 0.25) is 5.75 Å². The highest BCUT2D eigenvalue weighted by Crippen LogP contribution is 2.38. The van der Waals surface area contributed by atoms with Crippen LogP contribution in [0.4, 0.5) is 0 Å². The van der Waals surface area contributed by atoms with Gasteiger partial charge in [0.25, 0.3) is 0 Å². The van der Waals surface area contributed by atoms with Crippen molar-refractivity contribution >= 4 is 12.2 Å². The summed E-state index contributed by atoms with van der Waals surface area (Å²) in [5.41, 5.74) is 1.73. The van der Waals surface area contributed by atoms with E-state index < -0.39 is 0 Å². The Bertz CT molecular complexity index is 682. The second kappa shape index (κ2) is 10.1. The molecule has 0 aliphatic heterocycles. The van der Waals surface area contributed by atoms with Gasteiger partial charge in [-0.3, -0.25) is 0 Å². The number of hydrogen-bond donors (Lipinski definition) is 1. The highest BCUT2D eigenvalue weighted by Gasteiger charge is 2.12. The fraction of sp³-hybridized carbons (Fsp3) is 0.300. The van der Waals surface area contributed by atoms with E-state index in [-0.39, 0.29) is 5.75 Å². The zero-order chi connectivity index (χ0) is 18.8. The minimum Gasteiger partial charge on any atom is -0.504 e. The van der Waals surface area contributed by atoms with E-state index in [0.717, 1.165) is 11.1 Å². The van der Waals surface area contributed by atoms with Crippen molar-refractivity contribution < 1.29 is 24.1 Å². The van der Waals surface area contributed by atoms with E-state index in [1.807, 2.05) is 44.2 Å². The lowest BCUT2D eigenvalue weighted by Crippen LogP contribution is -1.95. The Labute approximate surface area is 149 Å². The van der Waals surface area contributed by atoms with Crippen LogP contribution in [0.15, 0.2) is 30.3 Å². The van der Waals surface area contributed by atoms with Gasteiger partial charge in [-0.05, 0) is 35.4 Å². The molecule has 0 fully saturated rings. The molecular formula is C20H26O5. The molecule has 0 spiro atoms. The molecule has 2 aromatic carbocycles. The van der Waals surface area contributed by atoms with Gasteiger partial charge in [0.1, 0.15) is 0 Å². The molecule has 5 nitrogen and oxygen atoms in total. The number of phenols is 1. The summed E-state index contributed by atoms with van der Waals surface area (Å²) in [6, 6.07) is 8.90. The molecule has 2 aromatic rings. The first-order valence-electron chi connectivity index (χ1n) is 7.98. The smallest absolute Gasteiger partial charge is 0.203 e. The summed E-state index contributed by atoms with van der Waals surface area (Å²) < 4.78 is 21.0. The molecule has 0 saturated heterocycles. The van der Waals surface area contributed by atoms with E-state index >= 15 is 0 Å². The lowest BCUT2D eigenvalue weighted by atomic mass is 10.1. The summed E-state index contributed by atoms with van der Waals surface area (Å²) >= 11 is 0. The first-order chi connectivity index (χ1) is 12.1. The number of ether oxygens (including phenoxy) is 4. The van der Waals surface area contributed by atoms with Gasteiger partial charge < -0.3 is 24.1 Å². The quantitative estimate of drug-likeness (QED) is 0.773. The first-order valence-corrected chi connectivity index (χ1v) is 7.98. The molecule has 25 heavy (non-hydrogen) atoms. The first kappa shape index (κ1) is 20.2. The molecule has 0 radical (unpaired) electrons. The highest BCUT2D eigenvalue weighted by molar-refractivity contribution is 5.73. The molecule has 0 atom stereocenters. The van der Waals surface area contributed by atoms with Crippen LogP contribution in [0, 0.1) is 0 Å². The summed E-state index contributed by atoms with van der Waals surface area (Å²) in [4.78, 5) is 0. The Morgan fingerprint density at radius 3 is 1.64 bits per heavy atom. The van der Waals surface area contributed by atoms with Crippen LogP contribution >= 0.6 is 0 Å². The standard InChI is InChI=1S/C18H20O5.C2H6/c1-20-15-8-7-12(9-14(15)19)5-6-13-10-16(21-2)18(23-4)17(11-13)22-3;1-2/h5-11,19H,1-4H3;1-2H3/b6-5-;. The van der Waals surface area contributed by atoms with E-state index in [4.69, 9.17) is 18.9 Å². The highest BCUT2D eigenvalue weighted by atomic mass is 16.5. The number of aromatic hydroxyl groups is 1. The molecular weight excluding hydrogens is 320 g/mol. The number of hydrogen-bond acceptors (Lipinski definition) is 5. The maximum absolute atomic E-state index is 9.81. The summed E-state index contributed by atoms with van der Waals surface area (Å²) in [6.07, 6.45) is 3.77. The van der Waals surface area contributed by atoms with Crippen molar-refractivity contribution in [3.05, 3.63) is 41.5 Å². The molecule has 0 aromatic heterocycles. The third-order valence-corrected chi connectivity index (χ3v) is 3.36. The SMILES string of the molecule is CC.COc1ccc(/C=C\c2cc(OC)c(OC)c(OC)c2)cc1O. The van der Waals surface area contributed by atoms with Gasteiger partial charge in [-0.2, -0.15) is 0 Å². The Kier molecular flexibility index (Phi) is 8.19. The minimum atomic E-state index is 0.0968. The van der Waals surface area contributed by atoms with Crippen molar-refractivity contribution in [1.29, 1.82) is 0 Å². The van der Waals surface area contributed by atoms with Gasteiger partial charge in [0, 0.05) is 0 Å². The predicted octanol–water partition coefficient (Wildman–Crippen LogP) is 4.62. The molecule has 0 aliphatic carbocycles. The maximum atomic E-state index is 9.81. The fourth-order valence-corrected chi connectivity index (χ4v) is 2.20. The Morgan fingerprint density at radius 2 is 1.20 bits per heavy atom. The van der Waals surface area contributed by atoms with Gasteiger partial charge in [0.05, 0.1) is 28.4 Å². The molecule has 1 N–H and O–H groups in total. The van der Waals surface area contributed by atoms with Crippen LogP contribution in [0.3, 0.4) is 0 Å². The lowest BCUT2D eigenvalue weighted by Gasteiger charge is -2.12. The van der Waals surface area contributed by atoms with Crippen molar-refractivity contribution in [1.82, 2.24) is 0 Å². The second-order valence-corrected chi connectivity index (χ2v) is 4.72. The van der Waals surface area contributed by atoms with Crippen LogP contribution in [-0.4, -0.2) is 33.5 Å². The molecule has 0 bridgehead atoms. The fourth-order valence-electron chi connectivity index (χ4n) is 2.20. The van der Waals surface area contributed by atoms with Gasteiger partial charge >= 0.3 is 0 Å². The topological polar surface area (TPSA) is 57.2 Å². The second-order valence-electron chi connectivity index (χ2n) is 4.72. The van der Waals surface area contributed by atoms with Crippen LogP contribution < -0.4 is 18.9 Å². The average Bonchev–Trinajstić information content (AvgIpc) is 2.67. The largest absolute Gasteiger partial charge is 0.504 e. The predicted molar refractivity (Wildman–Crippen MR) is 101 cm³/mol. The number of phenolic OH excluding ortho intramolecular Hbond substituents is 1. The molecule has 136 valence electrons. The molecule has 0 unspecified atom stereocenters. The van der Waals surface area contributed by atoms with Crippen LogP contribution in [0.1, 0.15) is 25.0 Å². The molecule has 0 heterocycles. The third kappa shape index (κ3) is 5.08. The molecule has 5 heteroatoms. The Balaban J connectivity index is 0.00000151. The van der Waals surface area contributed by atoms with Gasteiger partial charge in [-0.25, -0.2) is 0 Å². The van der Waals surface area contributed by atoms with Gasteiger partial charge in [0.15, 0.2) is 23.0 Å². The van der Waals surface area contributed by atoms with Gasteiger partial charge in [-0.1, -0.05) is 32.1 Å². The Morgan fingerprint density at radius 1 is 0.680 bits per heavy atom. The summed E-state index contributed by atoms with van der Waals surface area (Å²) in [7, 11) is 6.23. The van der Waals surface area contributed by atoms with E-state index in [9.17, 15) is 5.11 Å². The van der Waals surface area contributed by atoms with Crippen LogP contribution in [-0.2, 0) is 0 Å². The zero-order valence-corrected chi connectivity index (χ0v) is 15.6. The Hall–Kier alpha value is -2.82. The van der Waals surface area contributed by atoms with Crippen LogP contribution in [0.2, 0.25) is 0 Å².